The fraction of sp³-hybridized carbons (Fsp3) is 0.278. The Bertz CT molecular complexity index is 683. The van der Waals surface area contributed by atoms with Gasteiger partial charge >= 0.3 is 0 Å². The van der Waals surface area contributed by atoms with E-state index >= 15 is 0 Å². The van der Waals surface area contributed by atoms with Crippen LogP contribution in [-0.2, 0) is 17.8 Å². The second kappa shape index (κ2) is 7.07. The molecule has 0 unspecified atom stereocenters. The van der Waals surface area contributed by atoms with Gasteiger partial charge in [-0.2, -0.15) is 0 Å². The molecule has 0 bridgehead atoms. The lowest BCUT2D eigenvalue weighted by molar-refractivity contribution is -0.119. The molecule has 0 heterocycles. The van der Waals surface area contributed by atoms with E-state index in [1.54, 1.807) is 19.2 Å². The van der Waals surface area contributed by atoms with E-state index in [0.29, 0.717) is 11.1 Å². The third-order valence-electron chi connectivity index (χ3n) is 3.55. The van der Waals surface area contributed by atoms with Crippen LogP contribution in [0.5, 0.6) is 5.75 Å². The molecule has 0 saturated carbocycles. The molecule has 116 valence electrons. The van der Waals surface area contributed by atoms with Gasteiger partial charge in [0.2, 0.25) is 5.91 Å². The van der Waals surface area contributed by atoms with E-state index in [0.717, 1.165) is 16.9 Å². The Labute approximate surface area is 130 Å². The maximum Gasteiger partial charge on any atom is 0.224 e. The summed E-state index contributed by atoms with van der Waals surface area (Å²) in [6, 6.07) is 10.6. The third kappa shape index (κ3) is 3.85. The molecule has 0 aliphatic carbocycles. The van der Waals surface area contributed by atoms with Crippen molar-refractivity contribution in [3.63, 3.8) is 0 Å². The van der Waals surface area contributed by atoms with Crippen LogP contribution in [0, 0.1) is 19.7 Å². The summed E-state index contributed by atoms with van der Waals surface area (Å²) in [5, 5.41) is 2.55. The lowest BCUT2D eigenvalue weighted by atomic mass is 10.0. The fourth-order valence-corrected chi connectivity index (χ4v) is 2.30. The first kappa shape index (κ1) is 16.0. The Morgan fingerprint density at radius 1 is 1.23 bits per heavy atom. The van der Waals surface area contributed by atoms with E-state index in [1.807, 2.05) is 32.0 Å². The summed E-state index contributed by atoms with van der Waals surface area (Å²) < 4.78 is 19.8. The molecular weight excluding hydrogens is 281 g/mol. The molecule has 2 aromatic rings. The van der Waals surface area contributed by atoms with Crippen molar-refractivity contribution in [3.05, 3.63) is 64.5 Å². The molecular formula is C18H20FNO2. The lowest BCUT2D eigenvalue weighted by Crippen LogP contribution is -2.21. The van der Waals surface area contributed by atoms with Gasteiger partial charge in [0.15, 0.2) is 0 Å². The van der Waals surface area contributed by atoms with Gasteiger partial charge in [-0.1, -0.05) is 29.8 Å². The number of likely N-dealkylation sites (N-methyl/N-ethyl adjacent to an activating group) is 1. The van der Waals surface area contributed by atoms with Crippen molar-refractivity contribution < 1.29 is 13.9 Å². The predicted octanol–water partition coefficient (Wildman–Crippen LogP) is 3.31. The van der Waals surface area contributed by atoms with Gasteiger partial charge in [-0.3, -0.25) is 4.79 Å². The van der Waals surface area contributed by atoms with Crippen molar-refractivity contribution in [2.75, 3.05) is 7.05 Å². The summed E-state index contributed by atoms with van der Waals surface area (Å²) >= 11 is 0. The third-order valence-corrected chi connectivity index (χ3v) is 3.55. The summed E-state index contributed by atoms with van der Waals surface area (Å²) in [5.41, 5.74) is 3.22. The Hall–Kier alpha value is -2.36. The van der Waals surface area contributed by atoms with Crippen LogP contribution < -0.4 is 10.1 Å². The van der Waals surface area contributed by atoms with E-state index in [1.165, 1.54) is 6.07 Å². The first-order valence-corrected chi connectivity index (χ1v) is 7.18. The van der Waals surface area contributed by atoms with Gasteiger partial charge in [-0.25, -0.2) is 4.39 Å². The molecule has 0 aliphatic heterocycles. The van der Waals surface area contributed by atoms with Gasteiger partial charge in [-0.05, 0) is 37.1 Å². The number of rotatable bonds is 5. The molecule has 0 fully saturated rings. The van der Waals surface area contributed by atoms with Gasteiger partial charge in [0.25, 0.3) is 0 Å². The zero-order valence-electron chi connectivity index (χ0n) is 13.1. The Morgan fingerprint density at radius 3 is 2.68 bits per heavy atom. The molecule has 4 heteroatoms. The summed E-state index contributed by atoms with van der Waals surface area (Å²) in [6.45, 7) is 4.06. The molecule has 22 heavy (non-hydrogen) atoms. The number of ether oxygens (including phenoxy) is 1. The smallest absolute Gasteiger partial charge is 0.224 e. The predicted molar refractivity (Wildman–Crippen MR) is 84.4 cm³/mol. The molecule has 0 radical (unpaired) electrons. The van der Waals surface area contributed by atoms with Crippen LogP contribution in [0.2, 0.25) is 0 Å². The van der Waals surface area contributed by atoms with Crippen LogP contribution in [0.15, 0.2) is 36.4 Å². The molecule has 0 spiro atoms. The second-order valence-corrected chi connectivity index (χ2v) is 5.29. The molecule has 0 atom stereocenters. The second-order valence-electron chi connectivity index (χ2n) is 5.29. The Balaban J connectivity index is 2.19. The SMILES string of the molecule is CNC(=O)Cc1cccc(F)c1COc1ccc(C)cc1C. The number of aryl methyl sites for hydroxylation is 2. The van der Waals surface area contributed by atoms with Crippen LogP contribution >= 0.6 is 0 Å². The molecule has 3 nitrogen and oxygen atoms in total. The molecule has 1 N–H and O–H groups in total. The Kier molecular flexibility index (Phi) is 5.15. The highest BCUT2D eigenvalue weighted by Gasteiger charge is 2.12. The summed E-state index contributed by atoms with van der Waals surface area (Å²) in [4.78, 5) is 11.5. The van der Waals surface area contributed by atoms with Crippen molar-refractivity contribution in [2.24, 2.45) is 0 Å². The van der Waals surface area contributed by atoms with E-state index in [-0.39, 0.29) is 24.8 Å². The van der Waals surface area contributed by atoms with Crippen molar-refractivity contribution in [3.8, 4) is 5.75 Å². The van der Waals surface area contributed by atoms with Crippen molar-refractivity contribution in [2.45, 2.75) is 26.9 Å². The fourth-order valence-electron chi connectivity index (χ4n) is 2.30. The van der Waals surface area contributed by atoms with Crippen LogP contribution in [0.1, 0.15) is 22.3 Å². The summed E-state index contributed by atoms with van der Waals surface area (Å²) in [7, 11) is 1.56. The monoisotopic (exact) mass is 301 g/mol. The first-order chi connectivity index (χ1) is 10.5. The van der Waals surface area contributed by atoms with Gasteiger partial charge in [0.05, 0.1) is 6.42 Å². The van der Waals surface area contributed by atoms with Crippen LogP contribution in [-0.4, -0.2) is 13.0 Å². The van der Waals surface area contributed by atoms with Crippen LogP contribution in [0.4, 0.5) is 4.39 Å². The van der Waals surface area contributed by atoms with Crippen molar-refractivity contribution in [1.29, 1.82) is 0 Å². The highest BCUT2D eigenvalue weighted by molar-refractivity contribution is 5.78. The molecule has 2 aromatic carbocycles. The first-order valence-electron chi connectivity index (χ1n) is 7.18. The number of nitrogens with one attached hydrogen (secondary N) is 1. The molecule has 0 aliphatic rings. The maximum atomic E-state index is 14.1. The zero-order chi connectivity index (χ0) is 16.1. The summed E-state index contributed by atoms with van der Waals surface area (Å²) in [5.74, 6) is 0.212. The van der Waals surface area contributed by atoms with Gasteiger partial charge < -0.3 is 10.1 Å². The molecule has 1 amide bonds. The number of carbonyl (C=O) groups excluding carboxylic acids is 1. The number of hydrogen-bond donors (Lipinski definition) is 1. The van der Waals surface area contributed by atoms with Gasteiger partial charge in [0.1, 0.15) is 18.2 Å². The average Bonchev–Trinajstić information content (AvgIpc) is 2.48. The minimum Gasteiger partial charge on any atom is -0.489 e. The van der Waals surface area contributed by atoms with Crippen LogP contribution in [0.3, 0.4) is 0 Å². The molecule has 2 rings (SSSR count). The van der Waals surface area contributed by atoms with E-state index in [2.05, 4.69) is 5.32 Å². The summed E-state index contributed by atoms with van der Waals surface area (Å²) in [6.07, 6.45) is 0.139. The number of halogens is 1. The molecule has 0 aromatic heterocycles. The zero-order valence-corrected chi connectivity index (χ0v) is 13.1. The Morgan fingerprint density at radius 2 is 2.00 bits per heavy atom. The number of hydrogen-bond acceptors (Lipinski definition) is 2. The van der Waals surface area contributed by atoms with Gasteiger partial charge in [0, 0.05) is 12.6 Å². The highest BCUT2D eigenvalue weighted by atomic mass is 19.1. The average molecular weight is 301 g/mol. The quantitative estimate of drug-likeness (QED) is 0.920. The molecule has 0 saturated heterocycles. The standard InChI is InChI=1S/C18H20FNO2/c1-12-7-8-17(13(2)9-12)22-11-15-14(10-18(21)20-3)5-4-6-16(15)19/h4-9H,10-11H2,1-3H3,(H,20,21). The minimum atomic E-state index is -0.355. The van der Waals surface area contributed by atoms with Crippen molar-refractivity contribution in [1.82, 2.24) is 5.32 Å². The normalized spacial score (nSPS) is 10.4. The van der Waals surface area contributed by atoms with E-state index in [9.17, 15) is 9.18 Å². The number of amides is 1. The van der Waals surface area contributed by atoms with E-state index < -0.39 is 0 Å². The minimum absolute atomic E-state index is 0.100. The highest BCUT2D eigenvalue weighted by Crippen LogP contribution is 2.22. The van der Waals surface area contributed by atoms with Crippen LogP contribution in [0.25, 0.3) is 0 Å². The number of benzene rings is 2. The van der Waals surface area contributed by atoms with Crippen molar-refractivity contribution >= 4 is 5.91 Å². The van der Waals surface area contributed by atoms with E-state index in [4.69, 9.17) is 4.74 Å². The maximum absolute atomic E-state index is 14.1. The largest absolute Gasteiger partial charge is 0.489 e. The van der Waals surface area contributed by atoms with Gasteiger partial charge in [-0.15, -0.1) is 0 Å². The number of carbonyl (C=O) groups is 1. The topological polar surface area (TPSA) is 38.3 Å². The lowest BCUT2D eigenvalue weighted by Gasteiger charge is -2.13.